The maximum absolute atomic E-state index is 13.2. The van der Waals surface area contributed by atoms with E-state index in [1.54, 1.807) is 6.07 Å². The van der Waals surface area contributed by atoms with Gasteiger partial charge in [-0.3, -0.25) is 9.59 Å². The number of Topliss-reactive ketones (excluding diaryl/α,β-unsaturated/α-hetero) is 1. The van der Waals surface area contributed by atoms with Crippen LogP contribution in [0.1, 0.15) is 98.5 Å². The van der Waals surface area contributed by atoms with Crippen molar-refractivity contribution in [3.8, 4) is 11.1 Å². The number of esters is 1. The first-order valence-corrected chi connectivity index (χ1v) is 15.2. The molecule has 0 saturated heterocycles. The fourth-order valence-corrected chi connectivity index (χ4v) is 5.28. The number of carbonyl (C=O) groups is 3. The molecule has 1 atom stereocenters. The van der Waals surface area contributed by atoms with Crippen LogP contribution in [0.15, 0.2) is 60.7 Å². The minimum Gasteiger partial charge on any atom is -0.456 e. The third-order valence-electron chi connectivity index (χ3n) is 7.46. The number of ether oxygens (including phenoxy) is 1. The molecule has 4 aromatic rings. The lowest BCUT2D eigenvalue weighted by molar-refractivity contribution is -0.120. The van der Waals surface area contributed by atoms with E-state index in [1.807, 2.05) is 84.0 Å². The molecule has 1 unspecified atom stereocenters. The highest BCUT2D eigenvalue weighted by Crippen LogP contribution is 2.28. The van der Waals surface area contributed by atoms with Gasteiger partial charge in [0.2, 0.25) is 0 Å². The monoisotopic (exact) mass is 581 g/mol. The number of aromatic nitrogens is 2. The lowest BCUT2D eigenvalue weighted by Crippen LogP contribution is -2.40. The summed E-state index contributed by atoms with van der Waals surface area (Å²) in [5.41, 5.74) is 5.97. The van der Waals surface area contributed by atoms with E-state index in [2.05, 4.69) is 28.9 Å². The zero-order valence-corrected chi connectivity index (χ0v) is 26.4. The van der Waals surface area contributed by atoms with Gasteiger partial charge in [0.25, 0.3) is 5.91 Å². The zero-order chi connectivity index (χ0) is 31.3. The molecule has 43 heavy (non-hydrogen) atoms. The van der Waals surface area contributed by atoms with Gasteiger partial charge in [-0.25, -0.2) is 9.78 Å². The number of imidazole rings is 1. The summed E-state index contributed by atoms with van der Waals surface area (Å²) in [4.78, 5) is 43.4. The van der Waals surface area contributed by atoms with Gasteiger partial charge in [0, 0.05) is 24.9 Å². The number of benzene rings is 3. The van der Waals surface area contributed by atoms with Gasteiger partial charge in [-0.05, 0) is 81.0 Å². The predicted octanol–water partition coefficient (Wildman–Crippen LogP) is 7.46. The van der Waals surface area contributed by atoms with Crippen LogP contribution >= 0.6 is 0 Å². The SMILES string of the molecule is CCCc1nc2c(C)cc(C(=O)NC(CC)C(=O)CC)cc2n1Cc1ccc(-c2ccccc2C(=O)OC(C)(C)C)cc1. The molecular weight excluding hydrogens is 538 g/mol. The number of amides is 1. The van der Waals surface area contributed by atoms with Gasteiger partial charge >= 0.3 is 5.97 Å². The van der Waals surface area contributed by atoms with E-state index in [1.165, 1.54) is 0 Å². The molecule has 0 aliphatic carbocycles. The lowest BCUT2D eigenvalue weighted by atomic mass is 9.98. The Morgan fingerprint density at radius 1 is 0.977 bits per heavy atom. The van der Waals surface area contributed by atoms with E-state index < -0.39 is 11.6 Å². The Labute approximate surface area is 254 Å². The third-order valence-corrected chi connectivity index (χ3v) is 7.46. The normalized spacial score (nSPS) is 12.3. The predicted molar refractivity (Wildman–Crippen MR) is 171 cm³/mol. The highest BCUT2D eigenvalue weighted by Gasteiger charge is 2.22. The zero-order valence-electron chi connectivity index (χ0n) is 26.4. The Morgan fingerprint density at radius 2 is 1.67 bits per heavy atom. The third kappa shape index (κ3) is 7.39. The first-order chi connectivity index (χ1) is 20.4. The molecule has 1 N–H and O–H groups in total. The van der Waals surface area contributed by atoms with Crippen LogP contribution in [0.2, 0.25) is 0 Å². The topological polar surface area (TPSA) is 90.3 Å². The molecule has 7 nitrogen and oxygen atoms in total. The summed E-state index contributed by atoms with van der Waals surface area (Å²) in [6.45, 7) is 14.0. The van der Waals surface area contributed by atoms with E-state index in [9.17, 15) is 14.4 Å². The summed E-state index contributed by atoms with van der Waals surface area (Å²) < 4.78 is 7.82. The van der Waals surface area contributed by atoms with Crippen molar-refractivity contribution in [3.63, 3.8) is 0 Å². The minimum atomic E-state index is -0.582. The number of fused-ring (bicyclic) bond motifs is 1. The highest BCUT2D eigenvalue weighted by atomic mass is 16.6. The van der Waals surface area contributed by atoms with Crippen LogP contribution in [0, 0.1) is 6.92 Å². The number of hydrogen-bond acceptors (Lipinski definition) is 5. The van der Waals surface area contributed by atoms with Crippen molar-refractivity contribution in [2.75, 3.05) is 0 Å². The van der Waals surface area contributed by atoms with E-state index in [0.717, 1.165) is 52.0 Å². The Morgan fingerprint density at radius 3 is 2.30 bits per heavy atom. The number of rotatable bonds is 11. The molecule has 4 rings (SSSR count). The van der Waals surface area contributed by atoms with Crippen LogP contribution in [0.5, 0.6) is 0 Å². The molecule has 0 saturated carbocycles. The summed E-state index contributed by atoms with van der Waals surface area (Å²) in [7, 11) is 0. The summed E-state index contributed by atoms with van der Waals surface area (Å²) in [5.74, 6) is 0.392. The number of hydrogen-bond donors (Lipinski definition) is 1. The first kappa shape index (κ1) is 31.7. The van der Waals surface area contributed by atoms with Crippen molar-refractivity contribution >= 4 is 28.7 Å². The summed E-state index contributed by atoms with van der Waals surface area (Å²) >= 11 is 0. The van der Waals surface area contributed by atoms with Crippen LogP contribution in [0.25, 0.3) is 22.2 Å². The van der Waals surface area contributed by atoms with E-state index >= 15 is 0 Å². The van der Waals surface area contributed by atoms with Gasteiger partial charge in [0.1, 0.15) is 11.4 Å². The van der Waals surface area contributed by atoms with Gasteiger partial charge in [-0.15, -0.1) is 0 Å². The van der Waals surface area contributed by atoms with Crippen molar-refractivity contribution in [2.45, 2.75) is 92.3 Å². The molecule has 1 heterocycles. The number of carbonyl (C=O) groups excluding carboxylic acids is 3. The molecule has 0 fully saturated rings. The fourth-order valence-electron chi connectivity index (χ4n) is 5.28. The summed E-state index contributed by atoms with van der Waals surface area (Å²) in [6.07, 6.45) is 2.68. The second kappa shape index (κ2) is 13.4. The van der Waals surface area contributed by atoms with E-state index in [0.29, 0.717) is 30.5 Å². The molecule has 3 aromatic carbocycles. The molecule has 0 bridgehead atoms. The second-order valence-electron chi connectivity index (χ2n) is 12.0. The Hall–Kier alpha value is -4.26. The van der Waals surface area contributed by atoms with Gasteiger partial charge in [-0.2, -0.15) is 0 Å². The van der Waals surface area contributed by atoms with Gasteiger partial charge < -0.3 is 14.6 Å². The summed E-state index contributed by atoms with van der Waals surface area (Å²) in [5, 5.41) is 2.92. The number of aryl methyl sites for hydroxylation is 2. The molecular formula is C36H43N3O4. The maximum atomic E-state index is 13.2. The van der Waals surface area contributed by atoms with Crippen LogP contribution in [0.4, 0.5) is 0 Å². The van der Waals surface area contributed by atoms with Crippen LogP contribution in [0.3, 0.4) is 0 Å². The number of nitrogens with one attached hydrogen (secondary N) is 1. The van der Waals surface area contributed by atoms with Crippen molar-refractivity contribution in [1.29, 1.82) is 0 Å². The fraction of sp³-hybridized carbons (Fsp3) is 0.389. The Kier molecular flexibility index (Phi) is 9.84. The van der Waals surface area contributed by atoms with E-state index in [-0.39, 0.29) is 17.7 Å². The minimum absolute atomic E-state index is 0.0288. The van der Waals surface area contributed by atoms with Crippen molar-refractivity contribution in [1.82, 2.24) is 14.9 Å². The second-order valence-corrected chi connectivity index (χ2v) is 12.0. The largest absolute Gasteiger partial charge is 0.456 e. The molecule has 226 valence electrons. The molecule has 1 amide bonds. The quantitative estimate of drug-likeness (QED) is 0.186. The summed E-state index contributed by atoms with van der Waals surface area (Å²) in [6, 6.07) is 18.9. The molecule has 0 spiro atoms. The van der Waals surface area contributed by atoms with Crippen LogP contribution in [-0.4, -0.2) is 38.9 Å². The molecule has 1 aromatic heterocycles. The van der Waals surface area contributed by atoms with E-state index in [4.69, 9.17) is 9.72 Å². The lowest BCUT2D eigenvalue weighted by Gasteiger charge is -2.20. The standard InChI is InChI=1S/C36H43N3O4/c1-8-13-32-38-33-23(4)20-26(34(41)37-29(9-2)31(40)10-3)21-30(33)39(32)22-24-16-18-25(19-17-24)27-14-11-12-15-28(27)35(42)43-36(5,6)7/h11-12,14-21,29H,8-10,13,22H2,1-7H3,(H,37,41). The first-order valence-electron chi connectivity index (χ1n) is 15.2. The number of ketones is 1. The maximum Gasteiger partial charge on any atom is 0.339 e. The van der Waals surface area contributed by atoms with Crippen LogP contribution < -0.4 is 5.32 Å². The molecule has 0 aliphatic rings. The average Bonchev–Trinajstić information content (AvgIpc) is 3.32. The van der Waals surface area contributed by atoms with Gasteiger partial charge in [-0.1, -0.05) is 63.2 Å². The Bertz CT molecular complexity index is 1630. The highest BCUT2D eigenvalue weighted by molar-refractivity contribution is 6.01. The molecule has 0 radical (unpaired) electrons. The molecule has 0 aliphatic heterocycles. The van der Waals surface area contributed by atoms with Crippen molar-refractivity contribution in [2.24, 2.45) is 0 Å². The van der Waals surface area contributed by atoms with Crippen molar-refractivity contribution in [3.05, 3.63) is 88.7 Å². The average molecular weight is 582 g/mol. The molecule has 7 heteroatoms. The van der Waals surface area contributed by atoms with Crippen molar-refractivity contribution < 1.29 is 19.1 Å². The van der Waals surface area contributed by atoms with Gasteiger partial charge in [0.05, 0.1) is 22.6 Å². The Balaban J connectivity index is 1.67. The van der Waals surface area contributed by atoms with Gasteiger partial charge in [0.15, 0.2) is 5.78 Å². The number of nitrogens with zero attached hydrogens (tertiary/aromatic N) is 2. The smallest absolute Gasteiger partial charge is 0.339 e. The van der Waals surface area contributed by atoms with Crippen LogP contribution in [-0.2, 0) is 22.5 Å².